The van der Waals surface area contributed by atoms with Crippen LogP contribution in [0.2, 0.25) is 5.02 Å². The SMILES string of the molecule is Cc1cc(-c2cc(C(=O)O)no2)cc(Cl)c1C. The molecule has 0 aliphatic rings. The van der Waals surface area contributed by atoms with E-state index in [9.17, 15) is 4.79 Å². The number of hydrogen-bond acceptors (Lipinski definition) is 3. The van der Waals surface area contributed by atoms with Gasteiger partial charge in [0.1, 0.15) is 0 Å². The molecule has 0 amide bonds. The van der Waals surface area contributed by atoms with Crippen molar-refractivity contribution in [2.24, 2.45) is 0 Å². The molecule has 17 heavy (non-hydrogen) atoms. The van der Waals surface area contributed by atoms with Crippen LogP contribution in [-0.2, 0) is 0 Å². The molecule has 0 unspecified atom stereocenters. The summed E-state index contributed by atoms with van der Waals surface area (Å²) in [5.74, 6) is -0.720. The number of carboxylic acid groups (broad SMARTS) is 1. The summed E-state index contributed by atoms with van der Waals surface area (Å²) in [5, 5.41) is 12.8. The third-order valence-electron chi connectivity index (χ3n) is 2.62. The van der Waals surface area contributed by atoms with E-state index in [4.69, 9.17) is 21.2 Å². The molecular weight excluding hydrogens is 242 g/mol. The van der Waals surface area contributed by atoms with E-state index in [-0.39, 0.29) is 5.69 Å². The molecule has 88 valence electrons. The van der Waals surface area contributed by atoms with Gasteiger partial charge in [0.2, 0.25) is 0 Å². The Bertz CT molecular complexity index is 566. The molecule has 5 heteroatoms. The first-order chi connectivity index (χ1) is 7.99. The molecule has 0 saturated carbocycles. The fourth-order valence-corrected chi connectivity index (χ4v) is 1.74. The molecule has 2 rings (SSSR count). The molecule has 0 radical (unpaired) electrons. The molecule has 0 saturated heterocycles. The van der Waals surface area contributed by atoms with E-state index in [1.807, 2.05) is 19.9 Å². The van der Waals surface area contributed by atoms with E-state index in [0.717, 1.165) is 16.7 Å². The van der Waals surface area contributed by atoms with Crippen LogP contribution in [0.25, 0.3) is 11.3 Å². The second-order valence-electron chi connectivity index (χ2n) is 3.78. The fourth-order valence-electron chi connectivity index (χ4n) is 1.47. The minimum absolute atomic E-state index is 0.116. The number of halogens is 1. The predicted molar refractivity (Wildman–Crippen MR) is 63.4 cm³/mol. The average molecular weight is 252 g/mol. The molecule has 1 N–H and O–H groups in total. The van der Waals surface area contributed by atoms with E-state index in [0.29, 0.717) is 10.8 Å². The number of aryl methyl sites for hydroxylation is 1. The molecule has 0 atom stereocenters. The number of carboxylic acids is 1. The van der Waals surface area contributed by atoms with E-state index >= 15 is 0 Å². The van der Waals surface area contributed by atoms with E-state index in [1.54, 1.807) is 6.07 Å². The molecule has 1 aromatic heterocycles. The number of aromatic nitrogens is 1. The lowest BCUT2D eigenvalue weighted by Gasteiger charge is -2.04. The first-order valence-electron chi connectivity index (χ1n) is 4.96. The van der Waals surface area contributed by atoms with Crippen molar-refractivity contribution >= 4 is 17.6 Å². The van der Waals surface area contributed by atoms with Crippen molar-refractivity contribution in [2.75, 3.05) is 0 Å². The van der Waals surface area contributed by atoms with Crippen LogP contribution in [0.5, 0.6) is 0 Å². The number of rotatable bonds is 2. The standard InChI is InChI=1S/C12H10ClNO3/c1-6-3-8(4-9(13)7(6)2)11-5-10(12(15)16)14-17-11/h3-5H,1-2H3,(H,15,16). The molecule has 2 aromatic rings. The monoisotopic (exact) mass is 251 g/mol. The van der Waals surface area contributed by atoms with Gasteiger partial charge in [-0.3, -0.25) is 0 Å². The zero-order valence-corrected chi connectivity index (χ0v) is 10.1. The Morgan fingerprint density at radius 1 is 1.35 bits per heavy atom. The lowest BCUT2D eigenvalue weighted by molar-refractivity contribution is 0.0686. The van der Waals surface area contributed by atoms with Crippen molar-refractivity contribution in [3.05, 3.63) is 40.0 Å². The van der Waals surface area contributed by atoms with Crippen molar-refractivity contribution in [1.29, 1.82) is 0 Å². The third kappa shape index (κ3) is 2.17. The van der Waals surface area contributed by atoms with Gasteiger partial charge < -0.3 is 9.63 Å². The zero-order chi connectivity index (χ0) is 12.6. The highest BCUT2D eigenvalue weighted by Gasteiger charge is 2.13. The highest BCUT2D eigenvalue weighted by atomic mass is 35.5. The van der Waals surface area contributed by atoms with Gasteiger partial charge >= 0.3 is 5.97 Å². The summed E-state index contributed by atoms with van der Waals surface area (Å²) in [7, 11) is 0. The van der Waals surface area contributed by atoms with Crippen LogP contribution < -0.4 is 0 Å². The van der Waals surface area contributed by atoms with Crippen LogP contribution in [0.4, 0.5) is 0 Å². The summed E-state index contributed by atoms with van der Waals surface area (Å²) in [4.78, 5) is 10.7. The van der Waals surface area contributed by atoms with Gasteiger partial charge in [-0.1, -0.05) is 16.8 Å². The van der Waals surface area contributed by atoms with Gasteiger partial charge in [0.25, 0.3) is 0 Å². The van der Waals surface area contributed by atoms with E-state index in [1.165, 1.54) is 6.07 Å². The summed E-state index contributed by atoms with van der Waals surface area (Å²) < 4.78 is 4.97. The zero-order valence-electron chi connectivity index (χ0n) is 9.32. The normalized spacial score (nSPS) is 10.5. The molecule has 1 aromatic carbocycles. The molecule has 0 fully saturated rings. The topological polar surface area (TPSA) is 63.3 Å². The van der Waals surface area contributed by atoms with Gasteiger partial charge in [0, 0.05) is 16.7 Å². The number of carbonyl (C=O) groups is 1. The highest BCUT2D eigenvalue weighted by Crippen LogP contribution is 2.28. The van der Waals surface area contributed by atoms with Crippen molar-refractivity contribution in [2.45, 2.75) is 13.8 Å². The maximum absolute atomic E-state index is 10.7. The van der Waals surface area contributed by atoms with Crippen molar-refractivity contribution in [3.8, 4) is 11.3 Å². The maximum atomic E-state index is 10.7. The third-order valence-corrected chi connectivity index (χ3v) is 3.01. The molecule has 0 aliphatic heterocycles. The Labute approximate surface area is 103 Å². The smallest absolute Gasteiger partial charge is 0.358 e. The Hall–Kier alpha value is -1.81. The molecule has 1 heterocycles. The Morgan fingerprint density at radius 3 is 2.59 bits per heavy atom. The lowest BCUT2D eigenvalue weighted by Crippen LogP contribution is -1.94. The number of benzene rings is 1. The molecule has 0 bridgehead atoms. The minimum Gasteiger partial charge on any atom is -0.476 e. The summed E-state index contributed by atoms with van der Waals surface area (Å²) in [6, 6.07) is 4.99. The largest absolute Gasteiger partial charge is 0.476 e. The quantitative estimate of drug-likeness (QED) is 0.889. The summed E-state index contributed by atoms with van der Waals surface area (Å²) in [6.07, 6.45) is 0. The second-order valence-corrected chi connectivity index (χ2v) is 4.19. The van der Waals surface area contributed by atoms with Gasteiger partial charge in [0.05, 0.1) is 0 Å². The van der Waals surface area contributed by atoms with Crippen LogP contribution in [0.1, 0.15) is 21.6 Å². The molecular formula is C12H10ClNO3. The molecule has 0 spiro atoms. The summed E-state index contributed by atoms with van der Waals surface area (Å²) in [5.41, 5.74) is 2.61. The van der Waals surface area contributed by atoms with Crippen molar-refractivity contribution in [3.63, 3.8) is 0 Å². The van der Waals surface area contributed by atoms with E-state index < -0.39 is 5.97 Å². The van der Waals surface area contributed by atoms with Gasteiger partial charge in [-0.2, -0.15) is 0 Å². The summed E-state index contributed by atoms with van der Waals surface area (Å²) in [6.45, 7) is 3.85. The predicted octanol–water partition coefficient (Wildman–Crippen LogP) is 3.31. The lowest BCUT2D eigenvalue weighted by atomic mass is 10.0. The first kappa shape index (κ1) is 11.7. The van der Waals surface area contributed by atoms with Gasteiger partial charge in [-0.15, -0.1) is 0 Å². The van der Waals surface area contributed by atoms with Crippen LogP contribution in [0.3, 0.4) is 0 Å². The fraction of sp³-hybridized carbons (Fsp3) is 0.167. The van der Waals surface area contributed by atoms with Gasteiger partial charge in [-0.25, -0.2) is 4.79 Å². The van der Waals surface area contributed by atoms with Crippen molar-refractivity contribution in [1.82, 2.24) is 5.16 Å². The van der Waals surface area contributed by atoms with Crippen LogP contribution in [-0.4, -0.2) is 16.2 Å². The second kappa shape index (κ2) is 4.22. The van der Waals surface area contributed by atoms with E-state index in [2.05, 4.69) is 5.16 Å². The maximum Gasteiger partial charge on any atom is 0.358 e. The average Bonchev–Trinajstić information content (AvgIpc) is 2.74. The van der Waals surface area contributed by atoms with Crippen LogP contribution >= 0.6 is 11.6 Å². The highest BCUT2D eigenvalue weighted by molar-refractivity contribution is 6.31. The van der Waals surface area contributed by atoms with Crippen LogP contribution in [0, 0.1) is 13.8 Å². The Kier molecular flexibility index (Phi) is 2.90. The molecule has 0 aliphatic carbocycles. The van der Waals surface area contributed by atoms with Crippen LogP contribution in [0.15, 0.2) is 22.7 Å². The van der Waals surface area contributed by atoms with Gasteiger partial charge in [0.15, 0.2) is 11.5 Å². The number of aromatic carboxylic acids is 1. The van der Waals surface area contributed by atoms with Crippen molar-refractivity contribution < 1.29 is 14.4 Å². The summed E-state index contributed by atoms with van der Waals surface area (Å²) >= 11 is 6.06. The number of hydrogen-bond donors (Lipinski definition) is 1. The van der Waals surface area contributed by atoms with Gasteiger partial charge in [-0.05, 0) is 37.1 Å². The first-order valence-corrected chi connectivity index (χ1v) is 5.34. The molecule has 4 nitrogen and oxygen atoms in total. The Morgan fingerprint density at radius 2 is 2.06 bits per heavy atom. The Balaban J connectivity index is 2.49. The minimum atomic E-state index is -1.12. The number of nitrogens with zero attached hydrogens (tertiary/aromatic N) is 1.